The number of esters is 1. The Balaban J connectivity index is 1.51. The van der Waals surface area contributed by atoms with Crippen molar-refractivity contribution in [2.75, 3.05) is 0 Å². The molecule has 0 spiro atoms. The quantitative estimate of drug-likeness (QED) is 0.293. The van der Waals surface area contributed by atoms with Crippen LogP contribution >= 0.6 is 0 Å². The van der Waals surface area contributed by atoms with Crippen molar-refractivity contribution in [1.82, 2.24) is 0 Å². The summed E-state index contributed by atoms with van der Waals surface area (Å²) < 4.78 is 11.1. The number of rotatable bonds is 4. The van der Waals surface area contributed by atoms with Crippen LogP contribution in [0.25, 0.3) is 0 Å². The highest BCUT2D eigenvalue weighted by Crippen LogP contribution is 2.67. The summed E-state index contributed by atoms with van der Waals surface area (Å²) in [6, 6.07) is 3.14. The molecule has 0 aliphatic heterocycles. The number of aldehydes is 1. The predicted octanol–water partition coefficient (Wildman–Crippen LogP) is 5.07. The summed E-state index contributed by atoms with van der Waals surface area (Å²) in [6.45, 7) is 4.44. The minimum Gasteiger partial charge on any atom is -0.457 e. The average Bonchev–Trinajstić information content (AvgIpc) is 3.40. The number of fused-ring (bicyclic) bond motifs is 5. The van der Waals surface area contributed by atoms with Crippen LogP contribution in [0.4, 0.5) is 0 Å². The lowest BCUT2D eigenvalue weighted by Crippen LogP contribution is -2.59. The highest BCUT2D eigenvalue weighted by molar-refractivity contribution is 6.29. The van der Waals surface area contributed by atoms with E-state index in [-0.39, 0.29) is 17.1 Å². The molecule has 0 saturated heterocycles. The van der Waals surface area contributed by atoms with Gasteiger partial charge in [-0.15, -0.1) is 0 Å². The lowest BCUT2D eigenvalue weighted by atomic mass is 9.47. The molecule has 6 atom stereocenters. The van der Waals surface area contributed by atoms with Crippen molar-refractivity contribution in [2.24, 2.45) is 28.6 Å². The van der Waals surface area contributed by atoms with Crippen molar-refractivity contribution in [3.05, 3.63) is 48.0 Å². The van der Waals surface area contributed by atoms with Crippen molar-refractivity contribution in [3.63, 3.8) is 0 Å². The number of ketones is 1. The van der Waals surface area contributed by atoms with E-state index in [2.05, 4.69) is 32.1 Å². The smallest absolute Gasteiger partial charge is 0.375 e. The molecule has 31 heavy (non-hydrogen) atoms. The zero-order valence-electron chi connectivity index (χ0n) is 18.3. The van der Waals surface area contributed by atoms with Crippen LogP contribution in [0, 0.1) is 28.6 Å². The zero-order valence-corrected chi connectivity index (χ0v) is 18.3. The Morgan fingerprint density at radius 2 is 1.97 bits per heavy atom. The molecule has 3 saturated carbocycles. The molecule has 4 aliphatic rings. The van der Waals surface area contributed by atoms with Crippen molar-refractivity contribution in [1.29, 1.82) is 0 Å². The third-order valence-electron chi connectivity index (χ3n) is 9.22. The maximum atomic E-state index is 13.1. The number of hydrogen-bond donors (Lipinski definition) is 0. The third-order valence-corrected chi connectivity index (χ3v) is 9.22. The highest BCUT2D eigenvalue weighted by atomic mass is 16.6. The Bertz CT molecular complexity index is 972. The largest absolute Gasteiger partial charge is 0.457 e. The first-order valence-electron chi connectivity index (χ1n) is 11.5. The van der Waals surface area contributed by atoms with E-state index in [4.69, 9.17) is 9.15 Å². The molecule has 1 aromatic heterocycles. The molecule has 3 fully saturated rings. The molecular weight excluding hydrogens is 392 g/mol. The SMILES string of the molecule is C[C@]12C=CCC=C1CC[C@@H]1[C@@H]2CC[C@@]2(C)[C@H]1CC[C@]2(OC(=O)c1ccco1)C(=O)C=O. The predicted molar refractivity (Wildman–Crippen MR) is 114 cm³/mol. The Labute approximate surface area is 182 Å². The van der Waals surface area contributed by atoms with Crippen molar-refractivity contribution in [2.45, 2.75) is 64.4 Å². The van der Waals surface area contributed by atoms with Gasteiger partial charge in [-0.25, -0.2) is 4.79 Å². The van der Waals surface area contributed by atoms with E-state index in [1.54, 1.807) is 11.6 Å². The summed E-state index contributed by atoms with van der Waals surface area (Å²) in [6.07, 6.45) is 14.9. The van der Waals surface area contributed by atoms with Gasteiger partial charge in [0.2, 0.25) is 11.5 Å². The van der Waals surface area contributed by atoms with Crippen LogP contribution in [0.3, 0.4) is 0 Å². The van der Waals surface area contributed by atoms with Crippen molar-refractivity contribution in [3.8, 4) is 0 Å². The fourth-order valence-electron chi connectivity index (χ4n) is 7.66. The van der Waals surface area contributed by atoms with Gasteiger partial charge in [0, 0.05) is 10.8 Å². The number of ether oxygens (including phenoxy) is 1. The fraction of sp³-hybridized carbons (Fsp3) is 0.577. The molecular formula is C26H30O5. The number of Topliss-reactive ketones (excluding diaryl/α,β-unsaturated/α-hetero) is 1. The van der Waals surface area contributed by atoms with E-state index in [0.717, 1.165) is 38.5 Å². The maximum absolute atomic E-state index is 13.1. The first-order valence-corrected chi connectivity index (χ1v) is 11.5. The first kappa shape index (κ1) is 20.5. The second kappa shape index (κ2) is 7.04. The topological polar surface area (TPSA) is 73.6 Å². The molecule has 5 heteroatoms. The Kier molecular flexibility index (Phi) is 4.65. The molecule has 1 heterocycles. The molecule has 0 bridgehead atoms. The summed E-state index contributed by atoms with van der Waals surface area (Å²) in [4.78, 5) is 37.6. The monoisotopic (exact) mass is 422 g/mol. The van der Waals surface area contributed by atoms with Gasteiger partial charge >= 0.3 is 5.97 Å². The normalized spacial score (nSPS) is 40.8. The summed E-state index contributed by atoms with van der Waals surface area (Å²) in [5.74, 6) is -0.00653. The fourth-order valence-corrected chi connectivity index (χ4v) is 7.66. The van der Waals surface area contributed by atoms with Gasteiger partial charge in [-0.05, 0) is 74.8 Å². The van der Waals surface area contributed by atoms with E-state index in [1.165, 1.54) is 12.3 Å². The molecule has 0 radical (unpaired) electrons. The molecule has 0 unspecified atom stereocenters. The van der Waals surface area contributed by atoms with Crippen molar-refractivity contribution >= 4 is 18.0 Å². The highest BCUT2D eigenvalue weighted by Gasteiger charge is 2.68. The van der Waals surface area contributed by atoms with Gasteiger partial charge in [-0.3, -0.25) is 9.59 Å². The molecule has 1 aromatic rings. The van der Waals surface area contributed by atoms with Crippen LogP contribution in [0.15, 0.2) is 46.6 Å². The van der Waals surface area contributed by atoms with Gasteiger partial charge in [0.1, 0.15) is 0 Å². The molecule has 4 aliphatic carbocycles. The lowest BCUT2D eigenvalue weighted by molar-refractivity contribution is -0.164. The number of carbonyl (C=O) groups is 3. The molecule has 0 aromatic carbocycles. The summed E-state index contributed by atoms with van der Waals surface area (Å²) >= 11 is 0. The van der Waals surface area contributed by atoms with Crippen LogP contribution in [-0.2, 0) is 14.3 Å². The average molecular weight is 423 g/mol. The van der Waals surface area contributed by atoms with Crippen LogP contribution < -0.4 is 0 Å². The van der Waals surface area contributed by atoms with Crippen LogP contribution in [0.2, 0.25) is 0 Å². The van der Waals surface area contributed by atoms with Gasteiger partial charge < -0.3 is 9.15 Å². The summed E-state index contributed by atoms with van der Waals surface area (Å²) in [5, 5.41) is 0. The van der Waals surface area contributed by atoms with E-state index in [1.807, 2.05) is 0 Å². The van der Waals surface area contributed by atoms with E-state index < -0.39 is 22.8 Å². The molecule has 5 rings (SSSR count). The second-order valence-corrected chi connectivity index (χ2v) is 10.2. The van der Waals surface area contributed by atoms with E-state index >= 15 is 0 Å². The Morgan fingerprint density at radius 1 is 1.16 bits per heavy atom. The number of hydrogen-bond acceptors (Lipinski definition) is 5. The number of allylic oxidation sites excluding steroid dienone is 4. The van der Waals surface area contributed by atoms with Gasteiger partial charge in [0.15, 0.2) is 11.9 Å². The minimum absolute atomic E-state index is 0.0612. The zero-order chi connectivity index (χ0) is 21.9. The molecule has 5 nitrogen and oxygen atoms in total. The van der Waals surface area contributed by atoms with Gasteiger partial charge in [-0.1, -0.05) is 37.6 Å². The van der Waals surface area contributed by atoms with Crippen LogP contribution in [-0.4, -0.2) is 23.6 Å². The molecule has 0 amide bonds. The van der Waals surface area contributed by atoms with Crippen LogP contribution in [0.1, 0.15) is 69.3 Å². The van der Waals surface area contributed by atoms with E-state index in [9.17, 15) is 14.4 Å². The van der Waals surface area contributed by atoms with E-state index in [0.29, 0.717) is 24.5 Å². The first-order chi connectivity index (χ1) is 14.9. The number of furan rings is 1. The maximum Gasteiger partial charge on any atom is 0.375 e. The lowest BCUT2D eigenvalue weighted by Gasteiger charge is -2.58. The molecule has 0 N–H and O–H groups in total. The van der Waals surface area contributed by atoms with Crippen LogP contribution in [0.5, 0.6) is 0 Å². The summed E-state index contributed by atoms with van der Waals surface area (Å²) in [7, 11) is 0. The van der Waals surface area contributed by atoms with Gasteiger partial charge in [-0.2, -0.15) is 0 Å². The Hall–Kier alpha value is -2.43. The minimum atomic E-state index is -1.41. The molecule has 164 valence electrons. The second-order valence-electron chi connectivity index (χ2n) is 10.2. The number of carbonyl (C=O) groups excluding carboxylic acids is 3. The standard InChI is InChI=1S/C26H30O5/c1-24-12-4-3-6-17(24)8-9-18-19(24)10-13-25(2)20(18)11-14-26(25,22(28)16-27)31-23(29)21-7-5-15-30-21/h4-7,12,15-16,18-20H,3,8-11,13-14H2,1-2H3/t18-,19+,20+,24+,25+,26+/m1/s1. The van der Waals surface area contributed by atoms with Gasteiger partial charge in [0.25, 0.3) is 0 Å². The third kappa shape index (κ3) is 2.71. The Morgan fingerprint density at radius 3 is 2.71 bits per heavy atom. The summed E-state index contributed by atoms with van der Waals surface area (Å²) in [5.41, 5.74) is -0.331. The van der Waals surface area contributed by atoms with Gasteiger partial charge in [0.05, 0.1) is 6.26 Å². The van der Waals surface area contributed by atoms with Crippen molar-refractivity contribution < 1.29 is 23.5 Å².